The normalized spacial score (nSPS) is 11.7. The Kier molecular flexibility index (Phi) is 9.52. The highest BCUT2D eigenvalue weighted by molar-refractivity contribution is 5.87. The van der Waals surface area contributed by atoms with Crippen LogP contribution in [0, 0.1) is 0 Å². The third-order valence-electron chi connectivity index (χ3n) is 5.32. The first kappa shape index (κ1) is 28.3. The zero-order valence-electron chi connectivity index (χ0n) is 20.8. The highest BCUT2D eigenvalue weighted by Gasteiger charge is 2.21. The minimum atomic E-state index is -1.27. The topological polar surface area (TPSA) is 182 Å². The van der Waals surface area contributed by atoms with E-state index in [-0.39, 0.29) is 40.6 Å². The third-order valence-corrected chi connectivity index (χ3v) is 5.32. The fraction of sp³-hybridized carbons (Fsp3) is 0.346. The lowest BCUT2D eigenvalue weighted by Gasteiger charge is -2.18. The van der Waals surface area contributed by atoms with E-state index in [1.165, 1.54) is 25.3 Å². The lowest BCUT2D eigenvalue weighted by Crippen LogP contribution is -2.21. The number of rotatable bonds is 14. The maximum absolute atomic E-state index is 13.2. The molecule has 0 bridgehead atoms. The number of hydrogen-bond acceptors (Lipinski definition) is 10. The first-order valence-corrected chi connectivity index (χ1v) is 11.6. The van der Waals surface area contributed by atoms with Crippen LogP contribution >= 0.6 is 0 Å². The van der Waals surface area contributed by atoms with Crippen LogP contribution < -0.4 is 24.4 Å². The summed E-state index contributed by atoms with van der Waals surface area (Å²) in [6.45, 7) is -0.255. The number of methoxy groups -OCH3 is 1. The number of aliphatic carboxylic acids is 2. The predicted octanol–water partition coefficient (Wildman–Crippen LogP) is 2.08. The lowest BCUT2D eigenvalue weighted by molar-refractivity contribution is -0.140. The van der Waals surface area contributed by atoms with Crippen molar-refractivity contribution in [3.63, 3.8) is 0 Å². The fourth-order valence-electron chi connectivity index (χ4n) is 3.73. The highest BCUT2D eigenvalue weighted by Crippen LogP contribution is 2.40. The van der Waals surface area contributed by atoms with Crippen molar-refractivity contribution in [2.24, 2.45) is 0 Å². The Morgan fingerprint density at radius 3 is 2.34 bits per heavy atom. The molecule has 12 nitrogen and oxygen atoms in total. The number of carbonyl (C=O) groups is 2. The van der Waals surface area contributed by atoms with Crippen LogP contribution in [0.3, 0.4) is 0 Å². The van der Waals surface area contributed by atoms with Gasteiger partial charge in [0.2, 0.25) is 0 Å². The zero-order valence-corrected chi connectivity index (χ0v) is 20.8. The van der Waals surface area contributed by atoms with E-state index in [4.69, 9.17) is 38.7 Å². The molecule has 1 heterocycles. The Morgan fingerprint density at radius 2 is 1.71 bits per heavy atom. The molecule has 0 saturated carbocycles. The minimum absolute atomic E-state index is 0.00940. The van der Waals surface area contributed by atoms with Crippen molar-refractivity contribution < 1.29 is 53.4 Å². The van der Waals surface area contributed by atoms with E-state index in [0.29, 0.717) is 29.7 Å². The molecule has 1 aromatic heterocycles. The minimum Gasteiger partial charge on any atom is -0.493 e. The molecular formula is C26H28O12. The monoisotopic (exact) mass is 532 g/mol. The van der Waals surface area contributed by atoms with Crippen LogP contribution in [0.15, 0.2) is 39.5 Å². The molecule has 0 radical (unpaired) electrons. The second-order valence-electron chi connectivity index (χ2n) is 8.15. The van der Waals surface area contributed by atoms with E-state index in [9.17, 15) is 19.5 Å². The Bertz CT molecular complexity index is 1360. The molecule has 0 fully saturated rings. The molecule has 38 heavy (non-hydrogen) atoms. The van der Waals surface area contributed by atoms with Crippen LogP contribution in [0.25, 0.3) is 22.3 Å². The van der Waals surface area contributed by atoms with Gasteiger partial charge in [0.05, 0.1) is 13.7 Å². The summed E-state index contributed by atoms with van der Waals surface area (Å²) in [6.07, 6.45) is -0.0782. The fourth-order valence-corrected chi connectivity index (χ4v) is 3.73. The van der Waals surface area contributed by atoms with Crippen molar-refractivity contribution in [1.82, 2.24) is 0 Å². The van der Waals surface area contributed by atoms with E-state index in [2.05, 4.69) is 0 Å². The lowest BCUT2D eigenvalue weighted by atomic mass is 9.98. The van der Waals surface area contributed by atoms with E-state index in [1.54, 1.807) is 12.1 Å². The summed E-state index contributed by atoms with van der Waals surface area (Å²) in [7, 11) is 1.42. The smallest absolute Gasteiger partial charge is 0.341 e. The molecule has 2 aromatic carbocycles. The van der Waals surface area contributed by atoms with Gasteiger partial charge in [-0.1, -0.05) is 13.3 Å². The predicted molar refractivity (Wildman–Crippen MR) is 133 cm³/mol. The summed E-state index contributed by atoms with van der Waals surface area (Å²) in [5.74, 6) is -1.80. The number of aliphatic hydroxyl groups is 2. The maximum atomic E-state index is 13.2. The van der Waals surface area contributed by atoms with E-state index < -0.39 is 43.3 Å². The van der Waals surface area contributed by atoms with E-state index in [1.807, 2.05) is 6.92 Å². The summed E-state index contributed by atoms with van der Waals surface area (Å²) < 4.78 is 27.7. The molecule has 3 rings (SSSR count). The molecule has 0 saturated heterocycles. The second-order valence-corrected chi connectivity index (χ2v) is 8.15. The number of benzene rings is 2. The number of ether oxygens (including phenoxy) is 4. The van der Waals surface area contributed by atoms with Crippen molar-refractivity contribution in [3.8, 4) is 34.3 Å². The van der Waals surface area contributed by atoms with Crippen LogP contribution in [-0.2, 0) is 16.0 Å². The van der Waals surface area contributed by atoms with Gasteiger partial charge in [0.1, 0.15) is 40.9 Å². The largest absolute Gasteiger partial charge is 0.493 e. The molecule has 0 aliphatic rings. The summed E-state index contributed by atoms with van der Waals surface area (Å²) in [5.41, 5.74) is 0.503. The first-order valence-electron chi connectivity index (χ1n) is 11.6. The number of carboxylic acid groups (broad SMARTS) is 2. The van der Waals surface area contributed by atoms with Crippen molar-refractivity contribution in [2.45, 2.75) is 25.9 Å². The summed E-state index contributed by atoms with van der Waals surface area (Å²) in [4.78, 5) is 35.4. The molecule has 0 aliphatic heterocycles. The number of fused-ring (bicyclic) bond motifs is 1. The van der Waals surface area contributed by atoms with Crippen LogP contribution in [0.1, 0.15) is 18.9 Å². The molecule has 1 unspecified atom stereocenters. The van der Waals surface area contributed by atoms with Gasteiger partial charge in [-0.3, -0.25) is 4.79 Å². The number of hydrogen-bond donors (Lipinski definition) is 4. The second kappa shape index (κ2) is 12.8. The van der Waals surface area contributed by atoms with Crippen LogP contribution in [0.5, 0.6) is 23.0 Å². The van der Waals surface area contributed by atoms with Gasteiger partial charge in [0.15, 0.2) is 30.1 Å². The highest BCUT2D eigenvalue weighted by atomic mass is 16.5. The molecule has 3 aromatic rings. The number of carboxylic acids is 2. The molecular weight excluding hydrogens is 504 g/mol. The van der Waals surface area contributed by atoms with E-state index in [0.717, 1.165) is 0 Å². The molecule has 12 heteroatoms. The zero-order chi connectivity index (χ0) is 27.8. The quantitative estimate of drug-likeness (QED) is 0.238. The molecule has 0 amide bonds. The Hall–Kier alpha value is -4.29. The maximum Gasteiger partial charge on any atom is 0.341 e. The molecule has 4 N–H and O–H groups in total. The Balaban J connectivity index is 2.21. The van der Waals surface area contributed by atoms with Crippen molar-refractivity contribution in [3.05, 3.63) is 46.1 Å². The van der Waals surface area contributed by atoms with Gasteiger partial charge < -0.3 is 43.8 Å². The Morgan fingerprint density at radius 1 is 1.00 bits per heavy atom. The average molecular weight is 532 g/mol. The van der Waals surface area contributed by atoms with Gasteiger partial charge in [-0.05, 0) is 18.6 Å². The molecule has 0 spiro atoms. The van der Waals surface area contributed by atoms with Gasteiger partial charge >= 0.3 is 11.9 Å². The van der Waals surface area contributed by atoms with Crippen LogP contribution in [-0.4, -0.2) is 72.0 Å². The van der Waals surface area contributed by atoms with Gasteiger partial charge in [-0.15, -0.1) is 0 Å². The number of aliphatic hydroxyl groups excluding tert-OH is 2. The average Bonchev–Trinajstić information content (AvgIpc) is 2.88. The van der Waals surface area contributed by atoms with Gasteiger partial charge in [-0.2, -0.15) is 0 Å². The first-order chi connectivity index (χ1) is 18.2. The van der Waals surface area contributed by atoms with Crippen LogP contribution in [0.4, 0.5) is 0 Å². The molecule has 0 aliphatic carbocycles. The Labute approximate surface area is 216 Å². The summed E-state index contributed by atoms with van der Waals surface area (Å²) in [5, 5.41) is 36.8. The van der Waals surface area contributed by atoms with Gasteiger partial charge in [0, 0.05) is 29.3 Å². The molecule has 1 atom stereocenters. The third kappa shape index (κ3) is 6.72. The standard InChI is InChI=1S/C26H28O12/c1-3-4-17-16(5-6-19(34-2)26(17)37-13-24(32)33)20-9-18(29)25-21(36-12-23(30)31)7-15(8-22(25)38-20)35-11-14(28)10-27/h5-9,14,27-28H,3-4,10-13H2,1-2H3,(H,30,31)(H,32,33). The summed E-state index contributed by atoms with van der Waals surface area (Å²) >= 11 is 0. The molecule has 204 valence electrons. The van der Waals surface area contributed by atoms with Gasteiger partial charge in [0.25, 0.3) is 0 Å². The summed E-state index contributed by atoms with van der Waals surface area (Å²) in [6, 6.07) is 7.10. The van der Waals surface area contributed by atoms with Crippen molar-refractivity contribution >= 4 is 22.9 Å². The van der Waals surface area contributed by atoms with Crippen molar-refractivity contribution in [1.29, 1.82) is 0 Å². The van der Waals surface area contributed by atoms with Crippen LogP contribution in [0.2, 0.25) is 0 Å². The SMILES string of the molecule is CCCc1c(-c2cc(=O)c3c(OCC(=O)O)cc(OCC(O)CO)cc3o2)ccc(OC)c1OCC(=O)O. The van der Waals surface area contributed by atoms with E-state index >= 15 is 0 Å². The van der Waals surface area contributed by atoms with Crippen molar-refractivity contribution in [2.75, 3.05) is 33.5 Å². The van der Waals surface area contributed by atoms with Gasteiger partial charge in [-0.25, -0.2) is 9.59 Å².